The molecule has 6 nitrogen and oxygen atoms in total. The van der Waals surface area contributed by atoms with Gasteiger partial charge in [0.05, 0.1) is 21.3 Å². The topological polar surface area (TPSA) is 78.9 Å². The van der Waals surface area contributed by atoms with Crippen LogP contribution in [0.2, 0.25) is 0 Å². The van der Waals surface area contributed by atoms with E-state index in [-0.39, 0.29) is 22.8 Å². The number of rotatable bonds is 8. The van der Waals surface area contributed by atoms with E-state index in [0.717, 1.165) is 16.7 Å². The van der Waals surface area contributed by atoms with Crippen LogP contribution in [-0.4, -0.2) is 38.3 Å². The molecule has 2 aromatic carbocycles. The Morgan fingerprint density at radius 2 is 1.31 bits per heavy atom. The number of aryl methyl sites for hydroxylation is 3. The van der Waals surface area contributed by atoms with Crippen molar-refractivity contribution in [3.8, 4) is 17.2 Å². The number of benzene rings is 2. The highest BCUT2D eigenvalue weighted by atomic mass is 31.1. The van der Waals surface area contributed by atoms with Crippen molar-refractivity contribution < 1.29 is 28.4 Å². The molecule has 0 saturated heterocycles. The molecule has 2 aromatic rings. The lowest BCUT2D eigenvalue weighted by molar-refractivity contribution is 0.0980. The van der Waals surface area contributed by atoms with E-state index < -0.39 is 19.0 Å². The summed E-state index contributed by atoms with van der Waals surface area (Å²) >= 11 is 0. The Morgan fingerprint density at radius 1 is 0.828 bits per heavy atom. The first-order chi connectivity index (χ1) is 13.7. The highest BCUT2D eigenvalue weighted by Gasteiger charge is 2.44. The molecule has 0 saturated carbocycles. The van der Waals surface area contributed by atoms with E-state index >= 15 is 0 Å². The second-order valence-electron chi connectivity index (χ2n) is 6.85. The highest BCUT2D eigenvalue weighted by molar-refractivity contribution is 7.66. The van der Waals surface area contributed by atoms with Crippen molar-refractivity contribution >= 4 is 19.1 Å². The van der Waals surface area contributed by atoms with Crippen LogP contribution >= 0.6 is 7.80 Å². The Hall–Kier alpha value is -2.72. The minimum absolute atomic E-state index is 0.0360. The fourth-order valence-electron chi connectivity index (χ4n) is 3.39. The molecule has 0 amide bonds. The van der Waals surface area contributed by atoms with Crippen molar-refractivity contribution in [1.82, 2.24) is 0 Å². The van der Waals surface area contributed by atoms with Crippen LogP contribution in [0.25, 0.3) is 0 Å². The Kier molecular flexibility index (Phi) is 7.15. The van der Waals surface area contributed by atoms with Crippen LogP contribution in [0.4, 0.5) is 0 Å². The monoisotopic (exact) mass is 417 g/mol. The number of hydrogen-bond donors (Lipinski definition) is 0. The molecule has 0 aliphatic carbocycles. The van der Waals surface area contributed by atoms with Crippen molar-refractivity contribution in [2.24, 2.45) is 0 Å². The molecule has 154 valence electrons. The third-order valence-electron chi connectivity index (χ3n) is 4.78. The SMILES string of the molecule is COc1cc(OC)c(C(=O)[P+](=O)C(C)C(=O)c2c(C)cc(C)cc2C)c(OC)c1. The van der Waals surface area contributed by atoms with Gasteiger partial charge in [0.15, 0.2) is 5.56 Å². The van der Waals surface area contributed by atoms with E-state index in [1.807, 2.05) is 32.9 Å². The molecule has 2 rings (SSSR count). The molecule has 0 heterocycles. The van der Waals surface area contributed by atoms with Crippen LogP contribution in [0.1, 0.15) is 44.3 Å². The second-order valence-corrected chi connectivity index (χ2v) is 8.68. The summed E-state index contributed by atoms with van der Waals surface area (Å²) in [6.45, 7) is 7.14. The molecule has 0 fully saturated rings. The maximum absolute atomic E-state index is 13.1. The van der Waals surface area contributed by atoms with Crippen LogP contribution in [0.5, 0.6) is 17.2 Å². The standard InChI is InChI=1S/C22H26O6P/c1-12-8-13(2)19(14(3)9-12)21(23)15(4)29(25)22(24)20-17(27-6)10-16(26-5)11-18(20)28-7/h8-11,15H,1-7H3/q+1. The minimum Gasteiger partial charge on any atom is -0.496 e. The fraction of sp³-hybridized carbons (Fsp3) is 0.364. The number of hydrogen-bond acceptors (Lipinski definition) is 6. The number of ether oxygens (including phenoxy) is 3. The van der Waals surface area contributed by atoms with Crippen LogP contribution < -0.4 is 14.2 Å². The van der Waals surface area contributed by atoms with Gasteiger partial charge >= 0.3 is 13.3 Å². The van der Waals surface area contributed by atoms with Gasteiger partial charge in [-0.15, -0.1) is 0 Å². The van der Waals surface area contributed by atoms with Crippen molar-refractivity contribution in [1.29, 1.82) is 0 Å². The van der Waals surface area contributed by atoms with Crippen LogP contribution in [0.3, 0.4) is 0 Å². The van der Waals surface area contributed by atoms with Crippen LogP contribution in [0.15, 0.2) is 24.3 Å². The summed E-state index contributed by atoms with van der Waals surface area (Å²) in [4.78, 5) is 26.1. The van der Waals surface area contributed by atoms with E-state index in [1.54, 1.807) is 0 Å². The van der Waals surface area contributed by atoms with Gasteiger partial charge in [-0.05, 0) is 38.8 Å². The Balaban J connectivity index is 2.45. The van der Waals surface area contributed by atoms with Gasteiger partial charge in [0.2, 0.25) is 11.4 Å². The van der Waals surface area contributed by atoms with Gasteiger partial charge in [0, 0.05) is 17.7 Å². The van der Waals surface area contributed by atoms with Gasteiger partial charge in [-0.1, -0.05) is 22.3 Å². The quantitative estimate of drug-likeness (QED) is 0.450. The summed E-state index contributed by atoms with van der Waals surface area (Å²) in [6, 6.07) is 6.83. The van der Waals surface area contributed by atoms with E-state index in [4.69, 9.17) is 14.2 Å². The Bertz CT molecular complexity index is 931. The molecule has 0 aliphatic heterocycles. The lowest BCUT2D eigenvalue weighted by atomic mass is 9.95. The van der Waals surface area contributed by atoms with Gasteiger partial charge in [0.25, 0.3) is 0 Å². The van der Waals surface area contributed by atoms with Crippen LogP contribution in [-0.2, 0) is 4.57 Å². The van der Waals surface area contributed by atoms with E-state index in [1.165, 1.54) is 40.4 Å². The zero-order valence-electron chi connectivity index (χ0n) is 17.8. The molecular formula is C22H26O6P+. The number of carbonyl (C=O) groups is 2. The molecule has 0 N–H and O–H groups in total. The second kappa shape index (κ2) is 9.19. The van der Waals surface area contributed by atoms with E-state index in [9.17, 15) is 14.2 Å². The van der Waals surface area contributed by atoms with E-state index in [0.29, 0.717) is 11.3 Å². The molecule has 0 aromatic heterocycles. The Labute approximate surface area is 172 Å². The van der Waals surface area contributed by atoms with Gasteiger partial charge in [-0.25, -0.2) is 4.79 Å². The first kappa shape index (κ1) is 22.6. The van der Waals surface area contributed by atoms with Gasteiger partial charge in [-0.3, -0.25) is 4.79 Å². The highest BCUT2D eigenvalue weighted by Crippen LogP contribution is 2.43. The zero-order chi connectivity index (χ0) is 21.9. The van der Waals surface area contributed by atoms with Crippen LogP contribution in [0, 0.1) is 20.8 Å². The summed E-state index contributed by atoms with van der Waals surface area (Å²) in [5, 5.41) is 0. The Morgan fingerprint density at radius 3 is 1.72 bits per heavy atom. The normalized spacial score (nSPS) is 12.2. The number of Topliss-reactive ketones (excluding diaryl/α,β-unsaturated/α-hetero) is 1. The first-order valence-corrected chi connectivity index (χ1v) is 10.4. The molecule has 0 aliphatic rings. The molecular weight excluding hydrogens is 391 g/mol. The third-order valence-corrected chi connectivity index (χ3v) is 6.35. The van der Waals surface area contributed by atoms with Crippen molar-refractivity contribution in [3.05, 3.63) is 52.1 Å². The average molecular weight is 417 g/mol. The minimum atomic E-state index is -2.57. The van der Waals surface area contributed by atoms with Crippen molar-refractivity contribution in [2.45, 2.75) is 33.4 Å². The maximum atomic E-state index is 13.1. The molecule has 0 radical (unpaired) electrons. The van der Waals surface area contributed by atoms with Gasteiger partial charge in [0.1, 0.15) is 17.2 Å². The third kappa shape index (κ3) is 4.48. The van der Waals surface area contributed by atoms with Crippen molar-refractivity contribution in [2.75, 3.05) is 21.3 Å². The number of carbonyl (C=O) groups excluding carboxylic acids is 2. The molecule has 29 heavy (non-hydrogen) atoms. The van der Waals surface area contributed by atoms with Gasteiger partial charge in [-0.2, -0.15) is 0 Å². The maximum Gasteiger partial charge on any atom is 0.431 e. The largest absolute Gasteiger partial charge is 0.496 e. The lowest BCUT2D eigenvalue weighted by Crippen LogP contribution is -2.19. The smallest absolute Gasteiger partial charge is 0.431 e. The molecule has 2 atom stereocenters. The lowest BCUT2D eigenvalue weighted by Gasteiger charge is -2.12. The summed E-state index contributed by atoms with van der Waals surface area (Å²) in [7, 11) is 1.69. The summed E-state index contributed by atoms with van der Waals surface area (Å²) in [5.41, 5.74) is 1.50. The first-order valence-electron chi connectivity index (χ1n) is 9.09. The zero-order valence-corrected chi connectivity index (χ0v) is 18.7. The summed E-state index contributed by atoms with van der Waals surface area (Å²) in [6.07, 6.45) is 0. The van der Waals surface area contributed by atoms with E-state index in [2.05, 4.69) is 0 Å². The van der Waals surface area contributed by atoms with Gasteiger partial charge < -0.3 is 14.2 Å². The van der Waals surface area contributed by atoms with Crippen molar-refractivity contribution in [3.63, 3.8) is 0 Å². The summed E-state index contributed by atoms with van der Waals surface area (Å²) in [5.74, 6) is 0.468. The molecule has 0 spiro atoms. The average Bonchev–Trinajstić information content (AvgIpc) is 2.69. The predicted molar refractivity (Wildman–Crippen MR) is 112 cm³/mol. The fourth-order valence-corrected chi connectivity index (χ4v) is 4.52. The molecule has 2 unspecified atom stereocenters. The predicted octanol–water partition coefficient (Wildman–Crippen LogP) is 4.88. The number of ketones is 1. The number of methoxy groups -OCH3 is 3. The molecule has 7 heteroatoms. The summed E-state index contributed by atoms with van der Waals surface area (Å²) < 4.78 is 28.8. The molecule has 0 bridgehead atoms.